The third-order valence-corrected chi connectivity index (χ3v) is 2.49. The zero-order valence-corrected chi connectivity index (χ0v) is 6.23. The first-order chi connectivity index (χ1) is 4.99. The van der Waals surface area contributed by atoms with E-state index in [1.807, 2.05) is 0 Å². The molecule has 1 unspecified atom stereocenters. The molecule has 2 N–H and O–H groups in total. The molecule has 0 aromatic rings. The molecule has 1 aliphatic rings. The van der Waals surface area contributed by atoms with Gasteiger partial charge >= 0.3 is 0 Å². The molecule has 6 nitrogen and oxygen atoms in total. The largest absolute Gasteiger partial charge is 0.266 e. The summed E-state index contributed by atoms with van der Waals surface area (Å²) in [6.07, 6.45) is 0.421. The van der Waals surface area contributed by atoms with Crippen LogP contribution in [0.3, 0.4) is 0 Å². The van der Waals surface area contributed by atoms with E-state index >= 15 is 0 Å². The molecule has 0 bridgehead atoms. The molecule has 0 radical (unpaired) electrons. The highest BCUT2D eigenvalue weighted by molar-refractivity contribution is 7.94. The lowest BCUT2D eigenvalue weighted by Crippen LogP contribution is -2.24. The topological polar surface area (TPSA) is 87.1 Å². The van der Waals surface area contributed by atoms with E-state index in [-0.39, 0.29) is 5.75 Å². The van der Waals surface area contributed by atoms with Gasteiger partial charge in [0.1, 0.15) is 6.10 Å². The van der Waals surface area contributed by atoms with E-state index in [9.17, 15) is 8.42 Å². The third kappa shape index (κ3) is 2.56. The molecule has 0 aromatic carbocycles. The van der Waals surface area contributed by atoms with Crippen molar-refractivity contribution in [2.24, 2.45) is 0 Å². The van der Waals surface area contributed by atoms with Gasteiger partial charge in [0.15, 0.2) is 9.84 Å². The molecular weight excluding hydrogens is 174 g/mol. The zero-order chi connectivity index (χ0) is 8.48. The van der Waals surface area contributed by atoms with Crippen LogP contribution in [0.1, 0.15) is 0 Å². The summed E-state index contributed by atoms with van der Waals surface area (Å²) in [5.74, 6) is -0.259. The Morgan fingerprint density at radius 2 is 2.18 bits per heavy atom. The fourth-order valence-corrected chi connectivity index (χ4v) is 1.89. The van der Waals surface area contributed by atoms with Gasteiger partial charge in [-0.3, -0.25) is 10.4 Å². The summed E-state index contributed by atoms with van der Waals surface area (Å²) in [6.45, 7) is 0. The van der Waals surface area contributed by atoms with Crippen molar-refractivity contribution in [3.8, 4) is 0 Å². The summed E-state index contributed by atoms with van der Waals surface area (Å²) in [6, 6.07) is 0. The van der Waals surface area contributed by atoms with Gasteiger partial charge in [-0.15, -0.1) is 0 Å². The first-order valence-electron chi connectivity index (χ1n) is 2.75. The minimum absolute atomic E-state index is 0.259. The van der Waals surface area contributed by atoms with Crippen molar-refractivity contribution < 1.29 is 23.7 Å². The fraction of sp³-hybridized carbons (Fsp3) is 0.500. The Balaban J connectivity index is 2.51. The van der Waals surface area contributed by atoms with Gasteiger partial charge in [-0.05, 0) is 6.08 Å². The maximum atomic E-state index is 10.7. The second kappa shape index (κ2) is 2.88. The normalized spacial score (nSPS) is 28.1. The minimum Gasteiger partial charge on any atom is -0.266 e. The standard InChI is InChI=1S/C4H7NO5S/c6-5(7)10-4-1-2-11(8,9)3-4/h1-2,4,6-7H,3H2. The van der Waals surface area contributed by atoms with Crippen LogP contribution in [-0.2, 0) is 14.7 Å². The molecule has 0 saturated heterocycles. The molecule has 0 fully saturated rings. The highest BCUT2D eigenvalue weighted by Gasteiger charge is 2.23. The van der Waals surface area contributed by atoms with E-state index in [4.69, 9.17) is 10.4 Å². The Morgan fingerprint density at radius 1 is 1.55 bits per heavy atom. The maximum Gasteiger partial charge on any atom is 0.174 e. The summed E-state index contributed by atoms with van der Waals surface area (Å²) in [7, 11) is -3.20. The molecule has 0 amide bonds. The lowest BCUT2D eigenvalue weighted by atomic mass is 10.4. The van der Waals surface area contributed by atoms with Gasteiger partial charge in [0.05, 0.1) is 11.1 Å². The predicted molar refractivity (Wildman–Crippen MR) is 33.2 cm³/mol. The van der Waals surface area contributed by atoms with Gasteiger partial charge in [0.25, 0.3) is 0 Å². The van der Waals surface area contributed by atoms with Crippen molar-refractivity contribution in [1.82, 2.24) is 5.39 Å². The summed E-state index contributed by atoms with van der Waals surface area (Å²) < 4.78 is 21.3. The van der Waals surface area contributed by atoms with E-state index in [1.165, 1.54) is 6.08 Å². The Morgan fingerprint density at radius 3 is 2.55 bits per heavy atom. The zero-order valence-electron chi connectivity index (χ0n) is 5.41. The molecule has 0 saturated carbocycles. The van der Waals surface area contributed by atoms with Gasteiger partial charge in [-0.2, -0.15) is 0 Å². The Bertz CT molecular complexity index is 256. The predicted octanol–water partition coefficient (Wildman–Crippen LogP) is -0.691. The monoisotopic (exact) mass is 181 g/mol. The maximum absolute atomic E-state index is 10.7. The highest BCUT2D eigenvalue weighted by Crippen LogP contribution is 2.11. The second-order valence-corrected chi connectivity index (χ2v) is 3.99. The Hall–Kier alpha value is -0.470. The highest BCUT2D eigenvalue weighted by atomic mass is 32.2. The number of hydrogen-bond acceptors (Lipinski definition) is 6. The number of hydrogen-bond donors (Lipinski definition) is 2. The van der Waals surface area contributed by atoms with E-state index in [0.717, 1.165) is 5.41 Å². The minimum atomic E-state index is -3.20. The molecule has 11 heavy (non-hydrogen) atoms. The Labute approximate surface area is 63.1 Å². The van der Waals surface area contributed by atoms with Crippen LogP contribution >= 0.6 is 0 Å². The quantitative estimate of drug-likeness (QED) is 0.548. The van der Waals surface area contributed by atoms with Crippen molar-refractivity contribution in [1.29, 1.82) is 0 Å². The average Bonchev–Trinajstić information content (AvgIpc) is 2.08. The van der Waals surface area contributed by atoms with Crippen LogP contribution in [0.4, 0.5) is 0 Å². The van der Waals surface area contributed by atoms with Crippen molar-refractivity contribution in [3.63, 3.8) is 0 Å². The van der Waals surface area contributed by atoms with E-state index in [2.05, 4.69) is 4.84 Å². The molecular formula is C4H7NO5S. The van der Waals surface area contributed by atoms with Crippen LogP contribution in [0.5, 0.6) is 0 Å². The van der Waals surface area contributed by atoms with E-state index in [1.54, 1.807) is 0 Å². The van der Waals surface area contributed by atoms with Crippen LogP contribution in [-0.4, -0.2) is 36.1 Å². The average molecular weight is 181 g/mol. The van der Waals surface area contributed by atoms with Crippen molar-refractivity contribution in [3.05, 3.63) is 11.5 Å². The fourth-order valence-electron chi connectivity index (χ4n) is 0.734. The molecule has 1 aliphatic heterocycles. The molecule has 1 heterocycles. The number of nitrogens with zero attached hydrogens (tertiary/aromatic N) is 1. The second-order valence-electron chi connectivity index (χ2n) is 2.05. The SMILES string of the molecule is O=S1(=O)C=CC(ON(O)O)C1. The van der Waals surface area contributed by atoms with Gasteiger partial charge in [-0.1, -0.05) is 0 Å². The van der Waals surface area contributed by atoms with Crippen molar-refractivity contribution >= 4 is 9.84 Å². The smallest absolute Gasteiger partial charge is 0.174 e. The first-order valence-corrected chi connectivity index (χ1v) is 4.47. The van der Waals surface area contributed by atoms with Gasteiger partial charge in [-0.25, -0.2) is 13.3 Å². The van der Waals surface area contributed by atoms with Crippen LogP contribution in [0.25, 0.3) is 0 Å². The van der Waals surface area contributed by atoms with E-state index < -0.39 is 21.3 Å². The molecule has 1 atom stereocenters. The molecule has 7 heteroatoms. The number of sulfone groups is 1. The first kappa shape index (κ1) is 8.62. The number of rotatable bonds is 2. The van der Waals surface area contributed by atoms with E-state index in [0.29, 0.717) is 0 Å². The summed E-state index contributed by atoms with van der Waals surface area (Å²) in [5.41, 5.74) is 0. The Kier molecular flexibility index (Phi) is 2.25. The van der Waals surface area contributed by atoms with Crippen LogP contribution < -0.4 is 0 Å². The summed E-state index contributed by atoms with van der Waals surface area (Å²) >= 11 is 0. The van der Waals surface area contributed by atoms with Gasteiger partial charge in [0.2, 0.25) is 0 Å². The molecule has 1 rings (SSSR count). The molecule has 64 valence electrons. The lowest BCUT2D eigenvalue weighted by molar-refractivity contribution is -0.498. The van der Waals surface area contributed by atoms with Gasteiger partial charge < -0.3 is 0 Å². The van der Waals surface area contributed by atoms with Crippen LogP contribution in [0.2, 0.25) is 0 Å². The third-order valence-electron chi connectivity index (χ3n) is 1.13. The molecule has 0 spiro atoms. The van der Waals surface area contributed by atoms with Crippen LogP contribution in [0, 0.1) is 0 Å². The summed E-state index contributed by atoms with van der Waals surface area (Å²) in [4.78, 5) is 4.23. The molecule has 0 aromatic heterocycles. The molecule has 0 aliphatic carbocycles. The van der Waals surface area contributed by atoms with Crippen molar-refractivity contribution in [2.75, 3.05) is 5.75 Å². The van der Waals surface area contributed by atoms with Gasteiger partial charge in [0, 0.05) is 5.41 Å². The van der Waals surface area contributed by atoms with Crippen LogP contribution in [0.15, 0.2) is 11.5 Å². The van der Waals surface area contributed by atoms with Crippen molar-refractivity contribution in [2.45, 2.75) is 6.10 Å². The summed E-state index contributed by atoms with van der Waals surface area (Å²) in [5, 5.41) is 16.7. The lowest BCUT2D eigenvalue weighted by Gasteiger charge is -2.09.